The Bertz CT molecular complexity index is 8.75. The van der Waals surface area contributed by atoms with Crippen molar-refractivity contribution >= 4 is 0 Å². The van der Waals surface area contributed by atoms with Crippen LogP contribution in [0.1, 0.15) is 0 Å². The van der Waals surface area contributed by atoms with Crippen molar-refractivity contribution in [2.24, 2.45) is 0 Å². The van der Waals surface area contributed by atoms with Crippen LogP contribution in [-0.4, -0.2) is 6.43 Å². The van der Waals surface area contributed by atoms with E-state index >= 15 is 0 Å². The summed E-state index contributed by atoms with van der Waals surface area (Å²) >= 11 is 0. The molecule has 0 rings (SSSR count). The van der Waals surface area contributed by atoms with Crippen molar-refractivity contribution in [2.45, 2.75) is 6.43 Å². The van der Waals surface area contributed by atoms with Gasteiger partial charge in [0.05, 0.1) is 0 Å². The largest absolute Gasteiger partial charge is 0.278 e. The molecule has 2 heteroatoms. The van der Waals surface area contributed by atoms with Crippen molar-refractivity contribution in [2.75, 3.05) is 0 Å². The van der Waals surface area contributed by atoms with Gasteiger partial charge in [-0.3, -0.25) is 6.92 Å². The van der Waals surface area contributed by atoms with E-state index in [1.165, 1.54) is 0 Å². The number of hydrogen-bond donors (Lipinski definition) is 0. The first-order chi connectivity index (χ1) is 1.73. The van der Waals surface area contributed by atoms with Gasteiger partial charge in [-0.1, -0.05) is 0 Å². The monoisotopic (exact) mass is 65.0 g/mol. The molecule has 0 bridgehead atoms. The van der Waals surface area contributed by atoms with Crippen molar-refractivity contribution in [1.82, 2.24) is 0 Å². The molecule has 0 fully saturated rings. The van der Waals surface area contributed by atoms with Crippen LogP contribution in [0, 0.1) is 6.92 Å². The van der Waals surface area contributed by atoms with Crippen molar-refractivity contribution in [3.8, 4) is 0 Å². The lowest BCUT2D eigenvalue weighted by Gasteiger charge is -1.81. The molecule has 0 aromatic carbocycles. The minimum Gasteiger partial charge on any atom is -0.278 e. The molecule has 0 heterocycles. The number of hydrogen-bond acceptors (Lipinski definition) is 0. The fourth-order valence-corrected chi connectivity index (χ4v) is 0. The summed E-state index contributed by atoms with van der Waals surface area (Å²) in [5.74, 6) is 0. The lowest BCUT2D eigenvalue weighted by atomic mass is 10.9. The van der Waals surface area contributed by atoms with Crippen LogP contribution in [0.4, 0.5) is 8.78 Å². The van der Waals surface area contributed by atoms with E-state index in [1.807, 2.05) is 0 Å². The highest BCUT2D eigenvalue weighted by molar-refractivity contribution is 4.30. The van der Waals surface area contributed by atoms with E-state index in [2.05, 4.69) is 6.92 Å². The first-order valence-corrected chi connectivity index (χ1v) is 0.845. The SMILES string of the molecule is [CH2-]C(F)F. The lowest BCUT2D eigenvalue weighted by molar-refractivity contribution is 0.201. The fraction of sp³-hybridized carbons (Fsp3) is 0.500. The number of rotatable bonds is 0. The van der Waals surface area contributed by atoms with Gasteiger partial charge in [-0.05, 0) is 0 Å². The molecule has 0 nitrogen and oxygen atoms in total. The van der Waals surface area contributed by atoms with Crippen LogP contribution in [0.25, 0.3) is 0 Å². The van der Waals surface area contributed by atoms with Gasteiger partial charge in [0.25, 0.3) is 0 Å². The highest BCUT2D eigenvalue weighted by Crippen LogP contribution is 1.81. The van der Waals surface area contributed by atoms with Crippen molar-refractivity contribution < 1.29 is 8.78 Å². The Kier molecular flexibility index (Phi) is 1.17. The van der Waals surface area contributed by atoms with Crippen LogP contribution >= 0.6 is 0 Å². The van der Waals surface area contributed by atoms with Gasteiger partial charge in [-0.2, -0.15) is 0 Å². The van der Waals surface area contributed by atoms with E-state index in [0.29, 0.717) is 0 Å². The van der Waals surface area contributed by atoms with E-state index in [1.54, 1.807) is 0 Å². The first-order valence-electron chi connectivity index (χ1n) is 0.845. The first kappa shape index (κ1) is 3.86. The van der Waals surface area contributed by atoms with Gasteiger partial charge in [-0.25, -0.2) is 8.78 Å². The summed E-state index contributed by atoms with van der Waals surface area (Å²) in [6.07, 6.45) is -2.42. The minimum atomic E-state index is -2.42. The van der Waals surface area contributed by atoms with Gasteiger partial charge in [0.1, 0.15) is 6.43 Å². The van der Waals surface area contributed by atoms with Gasteiger partial charge in [0, 0.05) is 0 Å². The van der Waals surface area contributed by atoms with Crippen LogP contribution in [-0.2, 0) is 0 Å². The summed E-state index contributed by atoms with van der Waals surface area (Å²) < 4.78 is 20.4. The predicted molar refractivity (Wildman–Crippen MR) is 11.4 cm³/mol. The second-order valence-electron chi connectivity index (χ2n) is 0.391. The predicted octanol–water partition coefficient (Wildman–Crippen LogP) is 1.09. The molecule has 0 saturated heterocycles. The number of halogens is 2. The molecule has 0 spiro atoms. The molecule has 0 atom stereocenters. The lowest BCUT2D eigenvalue weighted by Crippen LogP contribution is -1.70. The Balaban J connectivity index is 2.32. The molecular formula is C2H3F2-. The van der Waals surface area contributed by atoms with Gasteiger partial charge in [0.15, 0.2) is 0 Å². The maximum Gasteiger partial charge on any atom is 0.119 e. The third kappa shape index (κ3) is 70.2. The molecule has 0 aromatic heterocycles. The quantitative estimate of drug-likeness (QED) is 0.370. The minimum absolute atomic E-state index is 2.31. The molecule has 0 aliphatic carbocycles. The van der Waals surface area contributed by atoms with E-state index in [0.717, 1.165) is 0 Å². The summed E-state index contributed by atoms with van der Waals surface area (Å²) in [5.41, 5.74) is 0. The normalized spacial score (nSPS) is 9.00. The zero-order valence-corrected chi connectivity index (χ0v) is 2.04. The Morgan fingerprint density at radius 2 is 1.50 bits per heavy atom. The molecule has 0 saturated carbocycles. The van der Waals surface area contributed by atoms with Crippen molar-refractivity contribution in [3.63, 3.8) is 0 Å². The van der Waals surface area contributed by atoms with Crippen molar-refractivity contribution in [1.29, 1.82) is 0 Å². The smallest absolute Gasteiger partial charge is 0.119 e. The maximum absolute atomic E-state index is 10.2. The highest BCUT2D eigenvalue weighted by atomic mass is 19.3. The zero-order chi connectivity index (χ0) is 3.58. The Hall–Kier alpha value is -0.140. The molecule has 0 unspecified atom stereocenters. The van der Waals surface area contributed by atoms with Crippen LogP contribution in [0.2, 0.25) is 0 Å². The number of alkyl halides is 2. The van der Waals surface area contributed by atoms with Gasteiger partial charge in [-0.15, -0.1) is 0 Å². The third-order valence-electron chi connectivity index (χ3n) is 0. The molecule has 0 aliphatic heterocycles. The van der Waals surface area contributed by atoms with Crippen LogP contribution in [0.3, 0.4) is 0 Å². The molecule has 0 aromatic rings. The van der Waals surface area contributed by atoms with Gasteiger partial charge >= 0.3 is 0 Å². The van der Waals surface area contributed by atoms with Crippen LogP contribution < -0.4 is 0 Å². The molecule has 26 valence electrons. The molecule has 0 aliphatic rings. The average molecular weight is 65.0 g/mol. The summed E-state index contributed by atoms with van der Waals surface area (Å²) in [7, 11) is 0. The van der Waals surface area contributed by atoms with Crippen LogP contribution in [0.15, 0.2) is 0 Å². The van der Waals surface area contributed by atoms with E-state index in [-0.39, 0.29) is 0 Å². The molecule has 4 heavy (non-hydrogen) atoms. The second-order valence-corrected chi connectivity index (χ2v) is 0.391. The van der Waals surface area contributed by atoms with Gasteiger partial charge < -0.3 is 0 Å². The third-order valence-corrected chi connectivity index (χ3v) is 0. The average Bonchev–Trinajstić information content (AvgIpc) is 0.811. The fourth-order valence-electron chi connectivity index (χ4n) is 0. The van der Waals surface area contributed by atoms with E-state index in [9.17, 15) is 8.78 Å². The second kappa shape index (κ2) is 1.21. The Labute approximate surface area is 23.4 Å². The van der Waals surface area contributed by atoms with E-state index in [4.69, 9.17) is 0 Å². The Morgan fingerprint density at radius 3 is 1.50 bits per heavy atom. The van der Waals surface area contributed by atoms with E-state index < -0.39 is 6.43 Å². The summed E-state index contributed by atoms with van der Waals surface area (Å²) in [6, 6.07) is 0. The molecule has 0 N–H and O–H groups in total. The summed E-state index contributed by atoms with van der Waals surface area (Å²) in [6.45, 7) is 2.31. The molecule has 0 radical (unpaired) electrons. The summed E-state index contributed by atoms with van der Waals surface area (Å²) in [5, 5.41) is 0. The molecule has 0 amide bonds. The topological polar surface area (TPSA) is 0 Å². The highest BCUT2D eigenvalue weighted by Gasteiger charge is 1.67. The Morgan fingerprint density at radius 1 is 1.50 bits per heavy atom. The summed E-state index contributed by atoms with van der Waals surface area (Å²) in [4.78, 5) is 0. The van der Waals surface area contributed by atoms with Gasteiger partial charge in [0.2, 0.25) is 0 Å². The van der Waals surface area contributed by atoms with Crippen molar-refractivity contribution in [3.05, 3.63) is 6.92 Å². The maximum atomic E-state index is 10.2. The van der Waals surface area contributed by atoms with Crippen LogP contribution in [0.5, 0.6) is 0 Å². The standard InChI is InChI=1S/C2H3F2/c1-2(3)4/h2H,1H2/q-1. The molecular weight excluding hydrogens is 62.0 g/mol. The zero-order valence-electron chi connectivity index (χ0n) is 2.04.